The van der Waals surface area contributed by atoms with Crippen molar-refractivity contribution in [2.75, 3.05) is 0 Å². The number of hydrogen-bond donors (Lipinski definition) is 0. The van der Waals surface area contributed by atoms with Gasteiger partial charge in [0.15, 0.2) is 0 Å². The number of amides is 1. The zero-order valence-corrected chi connectivity index (χ0v) is 20.7. The fourth-order valence-electron chi connectivity index (χ4n) is 3.43. The van der Waals surface area contributed by atoms with Crippen molar-refractivity contribution in [1.82, 2.24) is 14.5 Å². The summed E-state index contributed by atoms with van der Waals surface area (Å²) in [5, 5.41) is 0.635. The molecule has 1 amide bonds. The molecule has 0 atom stereocenters. The van der Waals surface area contributed by atoms with E-state index in [2.05, 4.69) is 11.6 Å². The Morgan fingerprint density at radius 2 is 1.88 bits per heavy atom. The predicted octanol–water partition coefficient (Wildman–Crippen LogP) is 5.40. The molecule has 33 heavy (non-hydrogen) atoms. The third-order valence-electron chi connectivity index (χ3n) is 5.07. The molecule has 0 spiro atoms. The van der Waals surface area contributed by atoms with E-state index in [1.165, 1.54) is 12.3 Å². The highest BCUT2D eigenvalue weighted by Gasteiger charge is 2.27. The molecule has 3 rings (SSSR count). The molecule has 0 N–H and O–H groups in total. The van der Waals surface area contributed by atoms with Crippen LogP contribution in [-0.4, -0.2) is 34.8 Å². The molecular formula is C24H25Cl2N3O3S. The van der Waals surface area contributed by atoms with E-state index in [1.54, 1.807) is 51.9 Å². The van der Waals surface area contributed by atoms with Gasteiger partial charge in [-0.05, 0) is 37.6 Å². The molecule has 1 aromatic heterocycles. The van der Waals surface area contributed by atoms with E-state index in [0.717, 1.165) is 0 Å². The van der Waals surface area contributed by atoms with Gasteiger partial charge in [-0.15, -0.1) is 6.58 Å². The molecule has 6 nitrogen and oxygen atoms in total. The maximum atomic E-state index is 13.3. The lowest BCUT2D eigenvalue weighted by molar-refractivity contribution is 0.0685. The standard InChI is InChI=1S/C24H25Cl2N3O3S/c1-4-12-28-20(14-27-24(28)33(31,32)16-18-8-6-5-7-9-18)15-29(17(2)3)23(30)21-11-10-19(25)13-22(21)26/h4-11,13-14,17H,1,12,15-16H2,2-3H3. The molecule has 0 saturated carbocycles. The summed E-state index contributed by atoms with van der Waals surface area (Å²) in [4.78, 5) is 19.1. The van der Waals surface area contributed by atoms with E-state index in [1.807, 2.05) is 19.9 Å². The predicted molar refractivity (Wildman–Crippen MR) is 131 cm³/mol. The monoisotopic (exact) mass is 505 g/mol. The molecule has 0 bridgehead atoms. The SMILES string of the molecule is C=CCn1c(CN(C(=O)c2ccc(Cl)cc2Cl)C(C)C)cnc1S(=O)(=O)Cc1ccccc1. The summed E-state index contributed by atoms with van der Waals surface area (Å²) < 4.78 is 27.8. The number of rotatable bonds is 9. The van der Waals surface area contributed by atoms with E-state index < -0.39 is 9.84 Å². The van der Waals surface area contributed by atoms with Gasteiger partial charge in [-0.2, -0.15) is 0 Å². The average molecular weight is 506 g/mol. The van der Waals surface area contributed by atoms with Crippen molar-refractivity contribution in [1.29, 1.82) is 0 Å². The summed E-state index contributed by atoms with van der Waals surface area (Å²) >= 11 is 12.2. The second-order valence-electron chi connectivity index (χ2n) is 7.83. The highest BCUT2D eigenvalue weighted by molar-refractivity contribution is 7.90. The van der Waals surface area contributed by atoms with Crippen LogP contribution in [0.2, 0.25) is 10.0 Å². The number of benzene rings is 2. The van der Waals surface area contributed by atoms with Crippen LogP contribution in [-0.2, 0) is 28.7 Å². The van der Waals surface area contributed by atoms with Crippen LogP contribution in [0.4, 0.5) is 0 Å². The number of carbonyl (C=O) groups is 1. The molecule has 0 fully saturated rings. The largest absolute Gasteiger partial charge is 0.330 e. The molecule has 0 radical (unpaired) electrons. The third kappa shape index (κ3) is 5.85. The number of carbonyl (C=O) groups excluding carboxylic acids is 1. The van der Waals surface area contributed by atoms with Gasteiger partial charge in [0.1, 0.15) is 0 Å². The summed E-state index contributed by atoms with van der Waals surface area (Å²) in [6, 6.07) is 13.5. The van der Waals surface area contributed by atoms with Gasteiger partial charge in [0, 0.05) is 17.6 Å². The molecule has 9 heteroatoms. The molecule has 0 aliphatic rings. The van der Waals surface area contributed by atoms with Crippen molar-refractivity contribution < 1.29 is 13.2 Å². The van der Waals surface area contributed by atoms with Crippen molar-refractivity contribution in [2.45, 2.75) is 43.9 Å². The van der Waals surface area contributed by atoms with Crippen molar-refractivity contribution in [3.05, 3.63) is 94.2 Å². The number of allylic oxidation sites excluding steroid dienone is 1. The Morgan fingerprint density at radius 3 is 2.48 bits per heavy atom. The molecule has 0 saturated heterocycles. The fourth-order valence-corrected chi connectivity index (χ4v) is 5.42. The smallest absolute Gasteiger partial charge is 0.255 e. The lowest BCUT2D eigenvalue weighted by Gasteiger charge is -2.27. The number of nitrogens with zero attached hydrogens (tertiary/aromatic N) is 3. The molecule has 2 aromatic carbocycles. The van der Waals surface area contributed by atoms with Crippen LogP contribution in [0.25, 0.3) is 0 Å². The van der Waals surface area contributed by atoms with E-state index in [9.17, 15) is 13.2 Å². The van der Waals surface area contributed by atoms with Crippen molar-refractivity contribution >= 4 is 38.9 Å². The quantitative estimate of drug-likeness (QED) is 0.365. The van der Waals surface area contributed by atoms with Crippen LogP contribution in [0.3, 0.4) is 0 Å². The molecule has 0 aliphatic heterocycles. The molecule has 174 valence electrons. The zero-order chi connectivity index (χ0) is 24.2. The van der Waals surface area contributed by atoms with Crippen LogP contribution in [0.15, 0.2) is 72.5 Å². The van der Waals surface area contributed by atoms with Crippen LogP contribution >= 0.6 is 23.2 Å². The van der Waals surface area contributed by atoms with Crippen LogP contribution in [0, 0.1) is 0 Å². The highest BCUT2D eigenvalue weighted by atomic mass is 35.5. The number of sulfone groups is 1. The van der Waals surface area contributed by atoms with E-state index in [4.69, 9.17) is 23.2 Å². The maximum Gasteiger partial charge on any atom is 0.255 e. The second-order valence-corrected chi connectivity index (χ2v) is 10.6. The molecule has 0 unspecified atom stereocenters. The van der Waals surface area contributed by atoms with Gasteiger partial charge in [0.2, 0.25) is 15.0 Å². The van der Waals surface area contributed by atoms with Gasteiger partial charge in [0.25, 0.3) is 5.91 Å². The molecule has 1 heterocycles. The number of aromatic nitrogens is 2. The topological polar surface area (TPSA) is 72.3 Å². The van der Waals surface area contributed by atoms with Crippen molar-refractivity contribution in [3.8, 4) is 0 Å². The summed E-state index contributed by atoms with van der Waals surface area (Å²) in [5.74, 6) is -0.457. The Labute approximate surface area is 204 Å². The lowest BCUT2D eigenvalue weighted by Crippen LogP contribution is -2.37. The van der Waals surface area contributed by atoms with Gasteiger partial charge in [-0.1, -0.05) is 59.6 Å². The number of hydrogen-bond acceptors (Lipinski definition) is 4. The number of imidazole rings is 1. The van der Waals surface area contributed by atoms with Gasteiger partial charge in [0.05, 0.1) is 34.8 Å². The lowest BCUT2D eigenvalue weighted by atomic mass is 10.1. The van der Waals surface area contributed by atoms with Crippen LogP contribution in [0.1, 0.15) is 35.5 Å². The van der Waals surface area contributed by atoms with Gasteiger partial charge < -0.3 is 9.47 Å². The normalized spacial score (nSPS) is 11.5. The van der Waals surface area contributed by atoms with Crippen molar-refractivity contribution in [2.24, 2.45) is 0 Å². The fraction of sp³-hybridized carbons (Fsp3) is 0.250. The van der Waals surface area contributed by atoms with Crippen LogP contribution < -0.4 is 0 Å². The third-order valence-corrected chi connectivity index (χ3v) is 7.21. The minimum absolute atomic E-state index is 0.0538. The van der Waals surface area contributed by atoms with Gasteiger partial charge in [-0.25, -0.2) is 13.4 Å². The van der Waals surface area contributed by atoms with Crippen molar-refractivity contribution in [3.63, 3.8) is 0 Å². The first-order valence-electron chi connectivity index (χ1n) is 10.3. The summed E-state index contributed by atoms with van der Waals surface area (Å²) in [7, 11) is -3.72. The molecular weight excluding hydrogens is 481 g/mol. The van der Waals surface area contributed by atoms with E-state index in [-0.39, 0.29) is 41.0 Å². The highest BCUT2D eigenvalue weighted by Crippen LogP contribution is 2.25. The van der Waals surface area contributed by atoms with Gasteiger partial charge >= 0.3 is 0 Å². The second kappa shape index (κ2) is 10.5. The maximum absolute atomic E-state index is 13.3. The summed E-state index contributed by atoms with van der Waals surface area (Å²) in [6.45, 7) is 7.89. The Balaban J connectivity index is 1.95. The Kier molecular flexibility index (Phi) is 8.00. The minimum atomic E-state index is -3.72. The Hall–Kier alpha value is -2.61. The van der Waals surface area contributed by atoms with E-state index >= 15 is 0 Å². The molecule has 3 aromatic rings. The zero-order valence-electron chi connectivity index (χ0n) is 18.4. The Morgan fingerprint density at radius 1 is 1.18 bits per heavy atom. The average Bonchev–Trinajstić information content (AvgIpc) is 3.15. The summed E-state index contributed by atoms with van der Waals surface area (Å²) in [6.07, 6.45) is 3.10. The summed E-state index contributed by atoms with van der Waals surface area (Å²) in [5.41, 5.74) is 1.57. The Bertz CT molecular complexity index is 1260. The van der Waals surface area contributed by atoms with Crippen LogP contribution in [0.5, 0.6) is 0 Å². The first kappa shape index (κ1) is 25.0. The van der Waals surface area contributed by atoms with E-state index in [0.29, 0.717) is 21.8 Å². The van der Waals surface area contributed by atoms with Gasteiger partial charge in [-0.3, -0.25) is 4.79 Å². The number of halogens is 2. The first-order chi connectivity index (χ1) is 15.6. The molecule has 0 aliphatic carbocycles. The first-order valence-corrected chi connectivity index (χ1v) is 12.7. The minimum Gasteiger partial charge on any atom is -0.330 e.